The molecule has 0 radical (unpaired) electrons. The summed E-state index contributed by atoms with van der Waals surface area (Å²) in [5.74, 6) is 0. The highest BCUT2D eigenvalue weighted by Crippen LogP contribution is 2.25. The van der Waals surface area contributed by atoms with Crippen LogP contribution in [-0.4, -0.2) is 81.5 Å². The van der Waals surface area contributed by atoms with E-state index in [4.69, 9.17) is 16.7 Å². The predicted octanol–water partition coefficient (Wildman–Crippen LogP) is 3.30. The average molecular weight is 799 g/mol. The molecule has 0 saturated carbocycles. The summed E-state index contributed by atoms with van der Waals surface area (Å²) in [6.45, 7) is 4.36. The first-order chi connectivity index (χ1) is 24.2. The van der Waals surface area contributed by atoms with E-state index in [1.165, 1.54) is 97.1 Å². The molecule has 14 nitrogen and oxygen atoms in total. The van der Waals surface area contributed by atoms with Crippen LogP contribution in [0.15, 0.2) is 117 Å². The van der Waals surface area contributed by atoms with Crippen LogP contribution in [0.3, 0.4) is 0 Å². The van der Waals surface area contributed by atoms with E-state index in [1.54, 1.807) is 27.7 Å². The van der Waals surface area contributed by atoms with E-state index in [2.05, 4.69) is 0 Å². The maximum atomic E-state index is 13.3. The fourth-order valence-electron chi connectivity index (χ4n) is 4.51. The van der Waals surface area contributed by atoms with Crippen LogP contribution in [0.1, 0.15) is 22.3 Å². The van der Waals surface area contributed by atoms with E-state index in [-0.39, 0.29) is 9.79 Å². The van der Waals surface area contributed by atoms with Crippen molar-refractivity contribution >= 4 is 40.5 Å². The average Bonchev–Trinajstić information content (AvgIpc) is 3.08. The van der Waals surface area contributed by atoms with Gasteiger partial charge in [0, 0.05) is 0 Å². The molecule has 4 aromatic carbocycles. The lowest BCUT2D eigenvalue weighted by Gasteiger charge is -2.30. The fourth-order valence-corrected chi connectivity index (χ4v) is 8.50. The molecule has 0 spiro atoms. The molecular formula is C34H38O14S4. The lowest BCUT2D eigenvalue weighted by Crippen LogP contribution is -2.51. The van der Waals surface area contributed by atoms with Crippen molar-refractivity contribution in [3.8, 4) is 0 Å². The van der Waals surface area contributed by atoms with Gasteiger partial charge in [-0.1, -0.05) is 70.8 Å². The van der Waals surface area contributed by atoms with Crippen LogP contribution in [0, 0.1) is 27.7 Å². The van der Waals surface area contributed by atoms with E-state index in [0.29, 0.717) is 11.1 Å². The zero-order valence-electron chi connectivity index (χ0n) is 28.4. The molecule has 4 unspecified atom stereocenters. The first-order valence-corrected chi connectivity index (χ1v) is 21.1. The maximum absolute atomic E-state index is 13.3. The zero-order valence-corrected chi connectivity index (χ0v) is 31.7. The summed E-state index contributed by atoms with van der Waals surface area (Å²) in [6, 6.07) is 21.3. The van der Waals surface area contributed by atoms with Gasteiger partial charge >= 0.3 is 0 Å². The Kier molecular flexibility index (Phi) is 13.2. The quantitative estimate of drug-likeness (QED) is 0.147. The van der Waals surface area contributed by atoms with E-state index < -0.39 is 87.9 Å². The van der Waals surface area contributed by atoms with Gasteiger partial charge in [-0.05, 0) is 76.2 Å². The zero-order chi connectivity index (χ0) is 38.5. The normalized spacial score (nSPS) is 15.1. The minimum absolute atomic E-state index is 0.326. The Balaban J connectivity index is 1.70. The summed E-state index contributed by atoms with van der Waals surface area (Å²) in [4.78, 5) is -1.47. The molecule has 18 heteroatoms. The Morgan fingerprint density at radius 3 is 0.846 bits per heavy atom. The Labute approximate surface area is 304 Å². The first kappa shape index (κ1) is 41.2. The van der Waals surface area contributed by atoms with Crippen molar-refractivity contribution in [2.75, 3.05) is 13.2 Å². The predicted molar refractivity (Wildman–Crippen MR) is 187 cm³/mol. The van der Waals surface area contributed by atoms with Crippen molar-refractivity contribution in [2.24, 2.45) is 0 Å². The van der Waals surface area contributed by atoms with Crippen molar-refractivity contribution in [3.63, 3.8) is 0 Å². The van der Waals surface area contributed by atoms with Gasteiger partial charge in [-0.15, -0.1) is 0 Å². The number of hydrogen-bond donors (Lipinski definition) is 2. The van der Waals surface area contributed by atoms with Crippen molar-refractivity contribution in [1.82, 2.24) is 0 Å². The molecule has 0 aliphatic heterocycles. The smallest absolute Gasteiger partial charge is 0.297 e. The SMILES string of the molecule is Cc1ccc(S(=O)(=O)OCC(OS(=O)(=O)c2ccc(C)cc2)C(O)C(O)C(COS(=O)(=O)c2ccc(C)cc2)OS(=O)(=O)c2ccc(C)cc2)cc1. The number of aliphatic hydroxyl groups is 2. The highest BCUT2D eigenvalue weighted by Gasteiger charge is 2.41. The van der Waals surface area contributed by atoms with Crippen molar-refractivity contribution in [1.29, 1.82) is 0 Å². The minimum Gasteiger partial charge on any atom is -0.387 e. The molecule has 0 heterocycles. The van der Waals surface area contributed by atoms with Gasteiger partial charge in [-0.25, -0.2) is 0 Å². The van der Waals surface area contributed by atoms with Crippen molar-refractivity contribution < 1.29 is 60.6 Å². The summed E-state index contributed by atoms with van der Waals surface area (Å²) in [6.07, 6.45) is -9.50. The molecule has 0 saturated heterocycles. The monoisotopic (exact) mass is 798 g/mol. The molecule has 0 aliphatic rings. The Bertz CT molecular complexity index is 2090. The Morgan fingerprint density at radius 2 is 0.615 bits per heavy atom. The number of rotatable bonds is 17. The third-order valence-corrected chi connectivity index (χ3v) is 12.9. The lowest BCUT2D eigenvalue weighted by molar-refractivity contribution is -0.103. The second-order valence-electron chi connectivity index (χ2n) is 11.9. The van der Waals surface area contributed by atoms with Gasteiger partial charge in [0.2, 0.25) is 0 Å². The van der Waals surface area contributed by atoms with Gasteiger partial charge in [0.1, 0.15) is 24.4 Å². The van der Waals surface area contributed by atoms with Gasteiger partial charge in [-0.3, -0.25) is 16.7 Å². The van der Waals surface area contributed by atoms with Crippen LogP contribution in [0.5, 0.6) is 0 Å². The van der Waals surface area contributed by atoms with Crippen LogP contribution in [0.4, 0.5) is 0 Å². The molecule has 4 aromatic rings. The topological polar surface area (TPSA) is 214 Å². The van der Waals surface area contributed by atoms with Gasteiger partial charge in [0.15, 0.2) is 0 Å². The van der Waals surface area contributed by atoms with Gasteiger partial charge in [0.25, 0.3) is 40.5 Å². The minimum atomic E-state index is -4.81. The van der Waals surface area contributed by atoms with Crippen LogP contribution in [0.2, 0.25) is 0 Å². The van der Waals surface area contributed by atoms with Crippen LogP contribution in [-0.2, 0) is 57.2 Å². The van der Waals surface area contributed by atoms with E-state index in [9.17, 15) is 43.9 Å². The highest BCUT2D eigenvalue weighted by molar-refractivity contribution is 7.87. The summed E-state index contributed by atoms with van der Waals surface area (Å²) in [5.41, 5.74) is 2.82. The van der Waals surface area contributed by atoms with E-state index in [1.807, 2.05) is 0 Å². The van der Waals surface area contributed by atoms with E-state index in [0.717, 1.165) is 11.1 Å². The molecule has 282 valence electrons. The molecule has 4 atom stereocenters. The van der Waals surface area contributed by atoms with Gasteiger partial charge < -0.3 is 10.2 Å². The van der Waals surface area contributed by atoms with Gasteiger partial charge in [-0.2, -0.15) is 33.7 Å². The number of aryl methyl sites for hydroxylation is 4. The summed E-state index contributed by atoms with van der Waals surface area (Å²) in [7, 11) is -18.8. The molecule has 0 aliphatic carbocycles. The van der Waals surface area contributed by atoms with Crippen LogP contribution < -0.4 is 0 Å². The fraction of sp³-hybridized carbons (Fsp3) is 0.294. The lowest BCUT2D eigenvalue weighted by atomic mass is 10.0. The second-order valence-corrected chi connectivity index (χ2v) is 18.3. The van der Waals surface area contributed by atoms with Crippen LogP contribution >= 0.6 is 0 Å². The third kappa shape index (κ3) is 10.8. The molecule has 0 aromatic heterocycles. The maximum Gasteiger partial charge on any atom is 0.297 e. The molecule has 4 rings (SSSR count). The molecule has 2 N–H and O–H groups in total. The number of aliphatic hydroxyl groups excluding tert-OH is 2. The largest absolute Gasteiger partial charge is 0.387 e. The summed E-state index contributed by atoms with van der Waals surface area (Å²) in [5, 5.41) is 22.8. The summed E-state index contributed by atoms with van der Waals surface area (Å²) >= 11 is 0. The van der Waals surface area contributed by atoms with Crippen molar-refractivity contribution in [2.45, 2.75) is 71.7 Å². The molecule has 0 amide bonds. The molecule has 0 bridgehead atoms. The second kappa shape index (κ2) is 16.6. The highest BCUT2D eigenvalue weighted by atomic mass is 32.2. The number of benzene rings is 4. The Morgan fingerprint density at radius 1 is 0.404 bits per heavy atom. The third-order valence-electron chi connectivity index (χ3n) is 7.63. The van der Waals surface area contributed by atoms with Crippen LogP contribution in [0.25, 0.3) is 0 Å². The molecular weight excluding hydrogens is 761 g/mol. The number of hydrogen-bond acceptors (Lipinski definition) is 14. The molecule has 52 heavy (non-hydrogen) atoms. The standard InChI is InChI=1S/C34H38O14S4/c1-23-5-13-27(14-6-23)49(37,38)45-21-31(47-51(41,42)29-17-9-25(3)10-18-29)33(35)34(36)32(48-52(43,44)30-19-11-26(4)12-20-30)22-46-50(39,40)28-15-7-24(2)8-16-28/h5-20,31-36H,21-22H2,1-4H3. The van der Waals surface area contributed by atoms with Crippen molar-refractivity contribution in [3.05, 3.63) is 119 Å². The van der Waals surface area contributed by atoms with E-state index >= 15 is 0 Å². The van der Waals surface area contributed by atoms with Gasteiger partial charge in [0.05, 0.1) is 32.8 Å². The Hall–Kier alpha value is -3.56. The summed E-state index contributed by atoms with van der Waals surface area (Å²) < 4.78 is 126. The molecule has 0 fully saturated rings. The first-order valence-electron chi connectivity index (χ1n) is 15.5.